The Balaban J connectivity index is 1.70. The summed E-state index contributed by atoms with van der Waals surface area (Å²) in [6.07, 6.45) is 3.51. The van der Waals surface area contributed by atoms with E-state index in [4.69, 9.17) is 5.11 Å². The first-order chi connectivity index (χ1) is 16.2. The molecule has 34 heavy (non-hydrogen) atoms. The van der Waals surface area contributed by atoms with E-state index in [1.54, 1.807) is 32.4 Å². The van der Waals surface area contributed by atoms with Crippen LogP contribution in [-0.2, 0) is 16.1 Å². The number of H-pyrrole nitrogens is 1. The number of carbonyl (C=O) groups is 3. The summed E-state index contributed by atoms with van der Waals surface area (Å²) < 4.78 is 1.39. The van der Waals surface area contributed by atoms with E-state index in [9.17, 15) is 19.2 Å². The van der Waals surface area contributed by atoms with Gasteiger partial charge in [-0.25, -0.2) is 9.78 Å². The van der Waals surface area contributed by atoms with E-state index < -0.39 is 23.6 Å². The van der Waals surface area contributed by atoms with Gasteiger partial charge in [-0.15, -0.1) is 0 Å². The third-order valence-corrected chi connectivity index (χ3v) is 4.97. The predicted octanol–water partition coefficient (Wildman–Crippen LogP) is 1.77. The Morgan fingerprint density at radius 2 is 1.97 bits per heavy atom. The molecule has 0 fully saturated rings. The van der Waals surface area contributed by atoms with E-state index in [-0.39, 0.29) is 31.0 Å². The molecule has 3 amide bonds. The molecular formula is C23H26N6O5. The monoisotopic (exact) mass is 466 g/mol. The van der Waals surface area contributed by atoms with Crippen LogP contribution in [0, 0.1) is 0 Å². The van der Waals surface area contributed by atoms with Crippen molar-refractivity contribution in [2.45, 2.75) is 25.4 Å². The number of hydrogen-bond donors (Lipinski definition) is 4. The minimum Gasteiger partial charge on any atom is -0.465 e. The van der Waals surface area contributed by atoms with E-state index in [2.05, 4.69) is 20.6 Å². The lowest BCUT2D eigenvalue weighted by molar-refractivity contribution is -0.123. The first kappa shape index (κ1) is 24.2. The number of anilines is 1. The maximum atomic E-state index is 12.9. The molecular weight excluding hydrogens is 440 g/mol. The third kappa shape index (κ3) is 6.31. The van der Waals surface area contributed by atoms with Crippen LogP contribution in [0.1, 0.15) is 18.7 Å². The zero-order valence-corrected chi connectivity index (χ0v) is 18.8. The molecule has 3 aromatic rings. The van der Waals surface area contributed by atoms with Crippen molar-refractivity contribution in [3.63, 3.8) is 0 Å². The summed E-state index contributed by atoms with van der Waals surface area (Å²) in [6.45, 7) is 0.165. The van der Waals surface area contributed by atoms with Gasteiger partial charge in [-0.1, -0.05) is 18.2 Å². The molecule has 1 unspecified atom stereocenters. The van der Waals surface area contributed by atoms with Crippen LogP contribution in [0.25, 0.3) is 11.0 Å². The summed E-state index contributed by atoms with van der Waals surface area (Å²) in [4.78, 5) is 57.3. The van der Waals surface area contributed by atoms with Gasteiger partial charge < -0.3 is 30.2 Å². The van der Waals surface area contributed by atoms with Crippen molar-refractivity contribution in [3.8, 4) is 0 Å². The smallest absolute Gasteiger partial charge is 0.405 e. The zero-order chi connectivity index (χ0) is 24.7. The molecule has 0 aliphatic heterocycles. The third-order valence-electron chi connectivity index (χ3n) is 4.97. The van der Waals surface area contributed by atoms with Crippen molar-refractivity contribution in [2.75, 3.05) is 19.4 Å². The van der Waals surface area contributed by atoms with Crippen LogP contribution >= 0.6 is 0 Å². The predicted molar refractivity (Wildman–Crippen MR) is 127 cm³/mol. The van der Waals surface area contributed by atoms with Crippen LogP contribution in [0.2, 0.25) is 0 Å². The highest BCUT2D eigenvalue weighted by molar-refractivity contribution is 5.96. The van der Waals surface area contributed by atoms with E-state index in [0.717, 1.165) is 11.0 Å². The second-order valence-electron chi connectivity index (χ2n) is 7.76. The normalized spacial score (nSPS) is 11.9. The highest BCUT2D eigenvalue weighted by Crippen LogP contribution is 2.11. The number of pyridine rings is 1. The Morgan fingerprint density at radius 1 is 1.21 bits per heavy atom. The lowest BCUT2D eigenvalue weighted by atomic mass is 10.1. The highest BCUT2D eigenvalue weighted by atomic mass is 16.4. The number of carbonyl (C=O) groups excluding carboxylic acids is 2. The van der Waals surface area contributed by atoms with Crippen molar-refractivity contribution in [3.05, 3.63) is 70.9 Å². The number of likely N-dealkylation sites (N-methyl/N-ethyl adjacent to an activating group) is 1. The summed E-state index contributed by atoms with van der Waals surface area (Å²) in [5.41, 5.74) is 1.18. The van der Waals surface area contributed by atoms with Gasteiger partial charge in [0.2, 0.25) is 11.8 Å². The molecule has 3 rings (SSSR count). The number of allylic oxidation sites excluding steroid dienone is 1. The van der Waals surface area contributed by atoms with Crippen molar-refractivity contribution < 1.29 is 19.5 Å². The van der Waals surface area contributed by atoms with Gasteiger partial charge in [-0.3, -0.25) is 14.4 Å². The molecule has 0 spiro atoms. The molecule has 0 aliphatic carbocycles. The Bertz CT molecular complexity index is 1240. The van der Waals surface area contributed by atoms with Gasteiger partial charge in [0.1, 0.15) is 17.6 Å². The van der Waals surface area contributed by atoms with Gasteiger partial charge in [0.05, 0.1) is 17.6 Å². The lowest BCUT2D eigenvalue weighted by Gasteiger charge is -2.16. The summed E-state index contributed by atoms with van der Waals surface area (Å²) in [5.74, 6) is -0.314. The number of hydrogen-bond acceptors (Lipinski definition) is 5. The second-order valence-corrected chi connectivity index (χ2v) is 7.76. The quantitative estimate of drug-likeness (QED) is 0.353. The number of fused-ring (bicyclic) bond motifs is 1. The number of imidazole rings is 1. The lowest BCUT2D eigenvalue weighted by Crippen LogP contribution is -2.44. The molecule has 11 heteroatoms. The number of nitrogens with zero attached hydrogens (tertiary/aromatic N) is 3. The number of carboxylic acid groups (broad SMARTS) is 1. The Kier molecular flexibility index (Phi) is 7.80. The fraction of sp³-hybridized carbons (Fsp3) is 0.261. The summed E-state index contributed by atoms with van der Waals surface area (Å²) in [5, 5.41) is 13.8. The minimum atomic E-state index is -1.37. The Morgan fingerprint density at radius 3 is 2.68 bits per heavy atom. The maximum absolute atomic E-state index is 12.9. The number of aromatic amines is 1. The molecule has 0 saturated carbocycles. The molecule has 1 aromatic carbocycles. The van der Waals surface area contributed by atoms with Gasteiger partial charge >= 0.3 is 6.09 Å². The topological polar surface area (TPSA) is 149 Å². The molecule has 1 atom stereocenters. The fourth-order valence-electron chi connectivity index (χ4n) is 3.23. The van der Waals surface area contributed by atoms with Crippen LogP contribution in [0.5, 0.6) is 0 Å². The summed E-state index contributed by atoms with van der Waals surface area (Å²) in [7, 11) is 3.21. The van der Waals surface area contributed by atoms with Crippen molar-refractivity contribution in [1.29, 1.82) is 0 Å². The van der Waals surface area contributed by atoms with Crippen LogP contribution < -0.4 is 16.2 Å². The number of amides is 3. The molecule has 4 N–H and O–H groups in total. The van der Waals surface area contributed by atoms with Gasteiger partial charge in [0.15, 0.2) is 0 Å². The Labute approximate surface area is 195 Å². The van der Waals surface area contributed by atoms with E-state index >= 15 is 0 Å². The maximum Gasteiger partial charge on any atom is 0.405 e. The van der Waals surface area contributed by atoms with Gasteiger partial charge in [-0.05, 0) is 43.2 Å². The number of rotatable bonds is 9. The Hall–Kier alpha value is -4.41. The van der Waals surface area contributed by atoms with E-state index in [1.807, 2.05) is 24.3 Å². The largest absolute Gasteiger partial charge is 0.465 e. The molecule has 0 aliphatic rings. The fourth-order valence-corrected chi connectivity index (χ4v) is 3.23. The molecule has 178 valence electrons. The van der Waals surface area contributed by atoms with E-state index in [1.165, 1.54) is 21.6 Å². The van der Waals surface area contributed by atoms with Crippen LogP contribution in [0.15, 0.2) is 59.5 Å². The molecule has 0 radical (unpaired) electrons. The SMILES string of the molecule is CN(C)C(=O)C=CCCC(NC(=O)O)C(=O)Nc1cccn(Cc2nc3ccccc3[nH]2)c1=O. The van der Waals surface area contributed by atoms with Crippen molar-refractivity contribution >= 4 is 34.6 Å². The first-order valence-electron chi connectivity index (χ1n) is 10.6. The van der Waals surface area contributed by atoms with Crippen molar-refractivity contribution in [1.82, 2.24) is 24.8 Å². The average Bonchev–Trinajstić information content (AvgIpc) is 3.20. The van der Waals surface area contributed by atoms with Gasteiger partial charge in [0, 0.05) is 20.3 Å². The highest BCUT2D eigenvalue weighted by Gasteiger charge is 2.21. The first-order valence-corrected chi connectivity index (χ1v) is 10.6. The zero-order valence-electron chi connectivity index (χ0n) is 18.8. The number of aromatic nitrogens is 3. The summed E-state index contributed by atoms with van der Waals surface area (Å²) in [6, 6.07) is 9.43. The van der Waals surface area contributed by atoms with Crippen LogP contribution in [0.3, 0.4) is 0 Å². The molecule has 0 bridgehead atoms. The standard InChI is InChI=1S/C23H26N6O5/c1-28(2)20(30)12-6-5-10-17(27-23(33)34)21(31)26-18-11-7-13-29(22(18)32)14-19-24-15-8-3-4-9-16(15)25-19/h3-4,6-9,11-13,17,27H,5,10,14H2,1-2H3,(H,24,25)(H,26,31)(H,33,34). The number of benzene rings is 1. The van der Waals surface area contributed by atoms with Crippen molar-refractivity contribution in [2.24, 2.45) is 0 Å². The number of para-hydroxylation sites is 2. The summed E-state index contributed by atoms with van der Waals surface area (Å²) >= 11 is 0. The van der Waals surface area contributed by atoms with Gasteiger partial charge in [-0.2, -0.15) is 0 Å². The molecule has 0 saturated heterocycles. The van der Waals surface area contributed by atoms with Crippen LogP contribution in [0.4, 0.5) is 10.5 Å². The molecule has 2 heterocycles. The average molecular weight is 466 g/mol. The molecule has 2 aromatic heterocycles. The van der Waals surface area contributed by atoms with Crippen LogP contribution in [-0.4, -0.2) is 62.6 Å². The molecule has 11 nitrogen and oxygen atoms in total. The number of nitrogens with one attached hydrogen (secondary N) is 3. The minimum absolute atomic E-state index is 0.0131. The second kappa shape index (κ2) is 10.9. The van der Waals surface area contributed by atoms with E-state index in [0.29, 0.717) is 5.82 Å². The van der Waals surface area contributed by atoms with Gasteiger partial charge in [0.25, 0.3) is 5.56 Å².